The van der Waals surface area contributed by atoms with Gasteiger partial charge in [0, 0.05) is 50.9 Å². The molecule has 0 radical (unpaired) electrons. The monoisotopic (exact) mass is 435 g/mol. The number of benzene rings is 1. The Morgan fingerprint density at radius 3 is 2.22 bits per heavy atom. The van der Waals surface area contributed by atoms with Gasteiger partial charge in [0.15, 0.2) is 0 Å². The Morgan fingerprint density at radius 1 is 0.844 bits per heavy atom. The third-order valence-electron chi connectivity index (χ3n) is 5.67. The minimum absolute atomic E-state index is 0.00647. The lowest BCUT2D eigenvalue weighted by Gasteiger charge is -2.35. The van der Waals surface area contributed by atoms with Gasteiger partial charge < -0.3 is 20.0 Å². The van der Waals surface area contributed by atoms with E-state index in [4.69, 9.17) is 0 Å². The molecule has 0 aliphatic carbocycles. The number of hydrogen-bond acceptors (Lipinski definition) is 5. The van der Waals surface area contributed by atoms with Crippen molar-refractivity contribution < 1.29 is 19.2 Å². The number of pyridine rings is 1. The van der Waals surface area contributed by atoms with Crippen molar-refractivity contribution in [2.45, 2.75) is 19.3 Å². The molecule has 1 aromatic heterocycles. The van der Waals surface area contributed by atoms with E-state index in [1.807, 2.05) is 18.2 Å². The predicted octanol–water partition coefficient (Wildman–Crippen LogP) is 1.06. The molecular formula is C23H25N5O4. The van der Waals surface area contributed by atoms with Crippen LogP contribution in [0.5, 0.6) is 0 Å². The van der Waals surface area contributed by atoms with Crippen molar-refractivity contribution in [1.29, 1.82) is 0 Å². The summed E-state index contributed by atoms with van der Waals surface area (Å²) >= 11 is 0. The zero-order chi connectivity index (χ0) is 22.5. The molecule has 9 heteroatoms. The maximum absolute atomic E-state index is 12.7. The minimum atomic E-state index is -0.259. The van der Waals surface area contributed by atoms with Gasteiger partial charge in [-0.2, -0.15) is 0 Å². The van der Waals surface area contributed by atoms with Gasteiger partial charge in [0.25, 0.3) is 0 Å². The maximum Gasteiger partial charge on any atom is 0.244 e. The second-order valence-corrected chi connectivity index (χ2v) is 7.80. The van der Waals surface area contributed by atoms with Crippen LogP contribution in [0.2, 0.25) is 0 Å². The number of carbonyl (C=O) groups is 4. The van der Waals surface area contributed by atoms with Gasteiger partial charge >= 0.3 is 0 Å². The van der Waals surface area contributed by atoms with Crippen molar-refractivity contribution >= 4 is 35.0 Å². The van der Waals surface area contributed by atoms with Crippen LogP contribution in [0, 0.1) is 0 Å². The molecule has 2 aromatic rings. The molecule has 4 amide bonds. The first-order valence-corrected chi connectivity index (χ1v) is 10.7. The number of nitrogens with zero attached hydrogens (tertiary/aromatic N) is 4. The number of nitrogens with one attached hydrogen (secondary N) is 1. The Balaban J connectivity index is 1.25. The van der Waals surface area contributed by atoms with E-state index in [1.54, 1.807) is 40.3 Å². The molecule has 0 spiro atoms. The Morgan fingerprint density at radius 2 is 1.50 bits per heavy atom. The summed E-state index contributed by atoms with van der Waals surface area (Å²) in [4.78, 5) is 58.8. The van der Waals surface area contributed by atoms with E-state index in [2.05, 4.69) is 10.3 Å². The molecule has 0 atom stereocenters. The van der Waals surface area contributed by atoms with Crippen LogP contribution in [0.4, 0.5) is 11.4 Å². The summed E-state index contributed by atoms with van der Waals surface area (Å²) in [5.74, 6) is -0.641. The Bertz CT molecular complexity index is 1020. The highest BCUT2D eigenvalue weighted by molar-refractivity contribution is 6.10. The molecule has 1 N–H and O–H groups in total. The minimum Gasteiger partial charge on any atom is -0.339 e. The normalized spacial score (nSPS) is 15.8. The van der Waals surface area contributed by atoms with E-state index in [0.29, 0.717) is 37.6 Å². The summed E-state index contributed by atoms with van der Waals surface area (Å²) in [6, 6.07) is 12.6. The van der Waals surface area contributed by atoms with Crippen molar-refractivity contribution in [1.82, 2.24) is 14.8 Å². The Kier molecular flexibility index (Phi) is 6.44. The number of para-hydroxylation sites is 2. The van der Waals surface area contributed by atoms with E-state index in [0.717, 1.165) is 5.69 Å². The second-order valence-electron chi connectivity index (χ2n) is 7.80. The SMILES string of the molecule is O=C1CN(C(=O)CCC(=O)N2CCN(C(=O)Cc3ccccn3)CC2)c2ccccc2N1. The number of carbonyl (C=O) groups excluding carboxylic acids is 4. The number of piperazine rings is 1. The molecular weight excluding hydrogens is 410 g/mol. The number of anilines is 2. The second kappa shape index (κ2) is 9.59. The van der Waals surface area contributed by atoms with Crippen molar-refractivity contribution in [3.05, 3.63) is 54.4 Å². The molecule has 2 aliphatic rings. The zero-order valence-electron chi connectivity index (χ0n) is 17.7. The largest absolute Gasteiger partial charge is 0.339 e. The average Bonchev–Trinajstić information content (AvgIpc) is 2.82. The summed E-state index contributed by atoms with van der Waals surface area (Å²) in [5, 5.41) is 2.75. The molecule has 0 bridgehead atoms. The van der Waals surface area contributed by atoms with Gasteiger partial charge in [0.2, 0.25) is 23.6 Å². The molecule has 3 heterocycles. The number of rotatable bonds is 5. The fraction of sp³-hybridized carbons (Fsp3) is 0.348. The first-order chi connectivity index (χ1) is 15.5. The van der Waals surface area contributed by atoms with Gasteiger partial charge in [0.05, 0.1) is 17.8 Å². The highest BCUT2D eigenvalue weighted by atomic mass is 16.2. The zero-order valence-corrected chi connectivity index (χ0v) is 17.7. The molecule has 0 saturated carbocycles. The van der Waals surface area contributed by atoms with Gasteiger partial charge in [-0.25, -0.2) is 0 Å². The van der Waals surface area contributed by atoms with Gasteiger partial charge in [-0.1, -0.05) is 18.2 Å². The number of amides is 4. The third kappa shape index (κ3) is 4.93. The van der Waals surface area contributed by atoms with Gasteiger partial charge in [0.1, 0.15) is 6.54 Å². The van der Waals surface area contributed by atoms with Gasteiger partial charge in [-0.3, -0.25) is 24.2 Å². The molecule has 1 fully saturated rings. The summed E-state index contributed by atoms with van der Waals surface area (Å²) in [7, 11) is 0. The highest BCUT2D eigenvalue weighted by Crippen LogP contribution is 2.29. The number of fused-ring (bicyclic) bond motifs is 1. The lowest BCUT2D eigenvalue weighted by molar-refractivity contribution is -0.139. The molecule has 9 nitrogen and oxygen atoms in total. The maximum atomic E-state index is 12.7. The average molecular weight is 435 g/mol. The quantitative estimate of drug-likeness (QED) is 0.757. The van der Waals surface area contributed by atoms with Crippen LogP contribution < -0.4 is 10.2 Å². The van der Waals surface area contributed by atoms with Crippen molar-refractivity contribution in [2.75, 3.05) is 42.9 Å². The van der Waals surface area contributed by atoms with E-state index < -0.39 is 0 Å². The van der Waals surface area contributed by atoms with Crippen molar-refractivity contribution in [2.24, 2.45) is 0 Å². The van der Waals surface area contributed by atoms with Crippen LogP contribution in [0.1, 0.15) is 18.5 Å². The van der Waals surface area contributed by atoms with Crippen molar-refractivity contribution in [3.8, 4) is 0 Å². The molecule has 4 rings (SSSR count). The van der Waals surface area contributed by atoms with Crippen molar-refractivity contribution in [3.63, 3.8) is 0 Å². The van der Waals surface area contributed by atoms with Crippen LogP contribution in [0.25, 0.3) is 0 Å². The van der Waals surface area contributed by atoms with E-state index in [9.17, 15) is 19.2 Å². The topological polar surface area (TPSA) is 103 Å². The first kappa shape index (κ1) is 21.5. The standard InChI is InChI=1S/C23H25N5O4/c29-20-16-28(19-7-2-1-6-18(19)25-20)22(31)9-8-21(30)26-11-13-27(14-12-26)23(32)15-17-5-3-4-10-24-17/h1-7,10H,8-9,11-16H2,(H,25,29). The number of hydrogen-bond donors (Lipinski definition) is 1. The van der Waals surface area contributed by atoms with Crippen LogP contribution >= 0.6 is 0 Å². The Labute approximate surface area is 186 Å². The summed E-state index contributed by atoms with van der Waals surface area (Å²) in [6.07, 6.45) is 2.00. The molecule has 1 saturated heterocycles. The molecule has 0 unspecified atom stereocenters. The predicted molar refractivity (Wildman–Crippen MR) is 118 cm³/mol. The summed E-state index contributed by atoms with van der Waals surface area (Å²) in [5.41, 5.74) is 1.96. The fourth-order valence-corrected chi connectivity index (χ4v) is 3.94. The van der Waals surface area contributed by atoms with E-state index in [1.165, 1.54) is 4.90 Å². The molecule has 2 aliphatic heterocycles. The fourth-order valence-electron chi connectivity index (χ4n) is 3.94. The van der Waals surface area contributed by atoms with E-state index >= 15 is 0 Å². The molecule has 1 aromatic carbocycles. The highest BCUT2D eigenvalue weighted by Gasteiger charge is 2.28. The summed E-state index contributed by atoms with van der Waals surface area (Å²) in [6.45, 7) is 1.75. The van der Waals surface area contributed by atoms with Crippen LogP contribution in [0.3, 0.4) is 0 Å². The van der Waals surface area contributed by atoms with E-state index in [-0.39, 0.29) is 49.4 Å². The lowest BCUT2D eigenvalue weighted by Crippen LogP contribution is -2.51. The number of aromatic nitrogens is 1. The Hall–Kier alpha value is -3.75. The summed E-state index contributed by atoms with van der Waals surface area (Å²) < 4.78 is 0. The lowest BCUT2D eigenvalue weighted by atomic mass is 10.1. The van der Waals surface area contributed by atoms with Crippen LogP contribution in [-0.4, -0.2) is 71.1 Å². The van der Waals surface area contributed by atoms with Crippen LogP contribution in [-0.2, 0) is 25.6 Å². The van der Waals surface area contributed by atoms with Gasteiger partial charge in [-0.05, 0) is 24.3 Å². The molecule has 32 heavy (non-hydrogen) atoms. The third-order valence-corrected chi connectivity index (χ3v) is 5.67. The molecule has 166 valence electrons. The van der Waals surface area contributed by atoms with Crippen LogP contribution in [0.15, 0.2) is 48.7 Å². The smallest absolute Gasteiger partial charge is 0.244 e. The van der Waals surface area contributed by atoms with Gasteiger partial charge in [-0.15, -0.1) is 0 Å². The first-order valence-electron chi connectivity index (χ1n) is 10.7.